The van der Waals surface area contributed by atoms with Crippen molar-refractivity contribution >= 4 is 28.7 Å². The van der Waals surface area contributed by atoms with E-state index in [9.17, 15) is 4.79 Å². The molecular formula is C21H30N4O2S. The lowest BCUT2D eigenvalue weighted by Crippen LogP contribution is -2.23. The van der Waals surface area contributed by atoms with Crippen LogP contribution in [0.4, 0.5) is 5.13 Å². The molecule has 0 atom stereocenters. The van der Waals surface area contributed by atoms with Crippen molar-refractivity contribution in [3.05, 3.63) is 46.5 Å². The first-order valence-electron chi connectivity index (χ1n) is 9.85. The van der Waals surface area contributed by atoms with E-state index in [1.54, 1.807) is 13.1 Å². The Bertz CT molecular complexity index is 760. The SMILES string of the molecule is CCCCN(CC)Cc1cccc(C=NNc2nc(CC(=O)OCC)cs2)c1. The lowest BCUT2D eigenvalue weighted by molar-refractivity contribution is -0.142. The second-order valence-electron chi connectivity index (χ2n) is 6.46. The highest BCUT2D eigenvalue weighted by atomic mass is 32.1. The Hall–Kier alpha value is -2.25. The number of anilines is 1. The summed E-state index contributed by atoms with van der Waals surface area (Å²) in [5, 5.41) is 6.77. The highest BCUT2D eigenvalue weighted by molar-refractivity contribution is 7.13. The Morgan fingerprint density at radius 3 is 2.96 bits per heavy atom. The van der Waals surface area contributed by atoms with Gasteiger partial charge >= 0.3 is 5.97 Å². The molecule has 0 saturated carbocycles. The summed E-state index contributed by atoms with van der Waals surface area (Å²) in [5.74, 6) is -0.264. The zero-order chi connectivity index (χ0) is 20.2. The highest BCUT2D eigenvalue weighted by Crippen LogP contribution is 2.16. The molecule has 0 amide bonds. The molecule has 0 spiro atoms. The van der Waals surface area contributed by atoms with Gasteiger partial charge in [-0.2, -0.15) is 5.10 Å². The maximum atomic E-state index is 11.5. The van der Waals surface area contributed by atoms with Crippen molar-refractivity contribution in [2.75, 3.05) is 25.1 Å². The van der Waals surface area contributed by atoms with Gasteiger partial charge in [-0.25, -0.2) is 4.98 Å². The van der Waals surface area contributed by atoms with Gasteiger partial charge in [-0.1, -0.05) is 38.5 Å². The Morgan fingerprint density at radius 1 is 1.36 bits per heavy atom. The van der Waals surface area contributed by atoms with Crippen molar-refractivity contribution in [2.45, 2.75) is 46.6 Å². The molecule has 1 aromatic heterocycles. The smallest absolute Gasteiger partial charge is 0.311 e. The number of nitrogens with one attached hydrogen (secondary N) is 1. The van der Waals surface area contributed by atoms with Gasteiger partial charge < -0.3 is 4.74 Å². The van der Waals surface area contributed by atoms with Gasteiger partial charge in [0, 0.05) is 11.9 Å². The maximum absolute atomic E-state index is 11.5. The number of benzene rings is 1. The number of ether oxygens (including phenoxy) is 1. The van der Waals surface area contributed by atoms with E-state index in [4.69, 9.17) is 4.74 Å². The lowest BCUT2D eigenvalue weighted by atomic mass is 10.1. The fraction of sp³-hybridized carbons (Fsp3) is 0.476. The number of carbonyl (C=O) groups is 1. The van der Waals surface area contributed by atoms with Crippen LogP contribution in [0.25, 0.3) is 0 Å². The minimum atomic E-state index is -0.264. The highest BCUT2D eigenvalue weighted by Gasteiger charge is 2.08. The zero-order valence-electron chi connectivity index (χ0n) is 17.0. The minimum absolute atomic E-state index is 0.184. The second kappa shape index (κ2) is 12.3. The standard InChI is InChI=1S/C21H30N4O2S/c1-4-7-11-25(5-2)15-18-10-8-9-17(12-18)14-22-24-21-23-19(16-28-21)13-20(26)27-6-3/h8-10,12,14,16H,4-7,11,13,15H2,1-3H3,(H,23,24). The van der Waals surface area contributed by atoms with Crippen molar-refractivity contribution in [3.8, 4) is 0 Å². The van der Waals surface area contributed by atoms with Crippen LogP contribution in [0.5, 0.6) is 0 Å². The van der Waals surface area contributed by atoms with E-state index in [2.05, 4.69) is 52.5 Å². The predicted molar refractivity (Wildman–Crippen MR) is 116 cm³/mol. The zero-order valence-corrected chi connectivity index (χ0v) is 17.8. The number of unbranched alkanes of at least 4 members (excludes halogenated alkanes) is 1. The van der Waals surface area contributed by atoms with Gasteiger partial charge in [0.25, 0.3) is 0 Å². The summed E-state index contributed by atoms with van der Waals surface area (Å²) in [6.07, 6.45) is 4.42. The first-order chi connectivity index (χ1) is 13.6. The fourth-order valence-electron chi connectivity index (χ4n) is 2.72. The van der Waals surface area contributed by atoms with Crippen LogP contribution < -0.4 is 5.43 Å². The van der Waals surface area contributed by atoms with Crippen molar-refractivity contribution in [1.82, 2.24) is 9.88 Å². The number of hydrazone groups is 1. The molecule has 0 bridgehead atoms. The third-order valence-corrected chi connectivity index (χ3v) is 4.98. The summed E-state index contributed by atoms with van der Waals surface area (Å²) in [7, 11) is 0. The van der Waals surface area contributed by atoms with Crippen LogP contribution in [-0.2, 0) is 22.5 Å². The van der Waals surface area contributed by atoms with Gasteiger partial charge in [0.2, 0.25) is 5.13 Å². The topological polar surface area (TPSA) is 66.8 Å². The van der Waals surface area contributed by atoms with E-state index < -0.39 is 0 Å². The Balaban J connectivity index is 1.89. The summed E-state index contributed by atoms with van der Waals surface area (Å²) < 4.78 is 4.93. The molecule has 0 fully saturated rings. The van der Waals surface area contributed by atoms with Gasteiger partial charge in [-0.05, 0) is 43.6 Å². The first-order valence-corrected chi connectivity index (χ1v) is 10.7. The van der Waals surface area contributed by atoms with Crippen LogP contribution in [-0.4, -0.2) is 41.8 Å². The quantitative estimate of drug-likeness (QED) is 0.325. The summed E-state index contributed by atoms with van der Waals surface area (Å²) >= 11 is 1.42. The normalized spacial score (nSPS) is 11.3. The molecule has 1 aromatic carbocycles. The molecule has 0 saturated heterocycles. The molecule has 2 aromatic rings. The van der Waals surface area contributed by atoms with Gasteiger partial charge in [-0.15, -0.1) is 11.3 Å². The van der Waals surface area contributed by atoms with Crippen molar-refractivity contribution in [3.63, 3.8) is 0 Å². The van der Waals surface area contributed by atoms with Crippen molar-refractivity contribution in [2.24, 2.45) is 5.10 Å². The summed E-state index contributed by atoms with van der Waals surface area (Å²) in [4.78, 5) is 18.3. The third-order valence-electron chi connectivity index (χ3n) is 4.19. The molecule has 0 unspecified atom stereocenters. The largest absolute Gasteiger partial charge is 0.466 e. The van der Waals surface area contributed by atoms with Crippen LogP contribution in [0.2, 0.25) is 0 Å². The van der Waals surface area contributed by atoms with Crippen LogP contribution >= 0.6 is 11.3 Å². The molecular weight excluding hydrogens is 372 g/mol. The minimum Gasteiger partial charge on any atom is -0.466 e. The number of esters is 1. The molecule has 0 aliphatic rings. The Morgan fingerprint density at radius 2 is 2.21 bits per heavy atom. The van der Waals surface area contributed by atoms with Gasteiger partial charge in [0.1, 0.15) is 0 Å². The van der Waals surface area contributed by atoms with Gasteiger partial charge in [0.15, 0.2) is 0 Å². The molecule has 6 nitrogen and oxygen atoms in total. The van der Waals surface area contributed by atoms with Crippen molar-refractivity contribution in [1.29, 1.82) is 0 Å². The molecule has 2 rings (SSSR count). The number of carbonyl (C=O) groups excluding carboxylic acids is 1. The second-order valence-corrected chi connectivity index (χ2v) is 7.32. The molecule has 0 aliphatic carbocycles. The van der Waals surface area contributed by atoms with E-state index in [0.717, 1.165) is 25.2 Å². The molecule has 1 N–H and O–H groups in total. The monoisotopic (exact) mass is 402 g/mol. The molecule has 1 heterocycles. The van der Waals surface area contributed by atoms with Crippen LogP contribution in [0.15, 0.2) is 34.7 Å². The molecule has 28 heavy (non-hydrogen) atoms. The van der Waals surface area contributed by atoms with Crippen LogP contribution in [0, 0.1) is 0 Å². The van der Waals surface area contributed by atoms with E-state index >= 15 is 0 Å². The lowest BCUT2D eigenvalue weighted by Gasteiger charge is -2.20. The Kier molecular flexibility index (Phi) is 9.65. The predicted octanol–water partition coefficient (Wildman–Crippen LogP) is 4.32. The van der Waals surface area contributed by atoms with Crippen LogP contribution in [0.1, 0.15) is 50.4 Å². The number of hydrogen-bond donors (Lipinski definition) is 1. The van der Waals surface area contributed by atoms with E-state index in [1.807, 2.05) is 11.4 Å². The number of hydrogen-bond acceptors (Lipinski definition) is 7. The van der Waals surface area contributed by atoms with Crippen molar-refractivity contribution < 1.29 is 9.53 Å². The average Bonchev–Trinajstić information content (AvgIpc) is 3.12. The van der Waals surface area contributed by atoms with Gasteiger partial charge in [-0.3, -0.25) is 15.1 Å². The fourth-order valence-corrected chi connectivity index (χ4v) is 3.38. The van der Waals surface area contributed by atoms with E-state index in [0.29, 0.717) is 17.4 Å². The third kappa shape index (κ3) is 7.78. The number of nitrogens with zero attached hydrogens (tertiary/aromatic N) is 3. The maximum Gasteiger partial charge on any atom is 0.311 e. The number of aromatic nitrogens is 1. The Labute approximate surface area is 171 Å². The molecule has 0 radical (unpaired) electrons. The van der Waals surface area contributed by atoms with E-state index in [1.165, 1.54) is 29.7 Å². The molecule has 0 aliphatic heterocycles. The summed E-state index contributed by atoms with van der Waals surface area (Å²) in [5.41, 5.74) is 5.95. The van der Waals surface area contributed by atoms with E-state index in [-0.39, 0.29) is 12.4 Å². The first kappa shape index (κ1) is 22.0. The number of thiazole rings is 1. The molecule has 152 valence electrons. The average molecular weight is 403 g/mol. The van der Waals surface area contributed by atoms with Gasteiger partial charge in [0.05, 0.1) is 24.9 Å². The summed E-state index contributed by atoms with van der Waals surface area (Å²) in [6, 6.07) is 8.41. The number of rotatable bonds is 12. The van der Waals surface area contributed by atoms with Crippen LogP contribution in [0.3, 0.4) is 0 Å². The summed E-state index contributed by atoms with van der Waals surface area (Å²) in [6.45, 7) is 9.74. The molecule has 7 heteroatoms.